The normalized spacial score (nSPS) is 16.1. The monoisotopic (exact) mass is 297 g/mol. The van der Waals surface area contributed by atoms with Crippen molar-refractivity contribution in [2.75, 3.05) is 13.2 Å². The van der Waals surface area contributed by atoms with E-state index in [1.165, 1.54) is 0 Å². The van der Waals surface area contributed by atoms with Crippen LogP contribution in [-0.4, -0.2) is 25.2 Å². The van der Waals surface area contributed by atoms with E-state index in [4.69, 9.17) is 9.47 Å². The van der Waals surface area contributed by atoms with Gasteiger partial charge in [0.2, 0.25) is 5.91 Å². The van der Waals surface area contributed by atoms with Crippen LogP contribution in [0.1, 0.15) is 11.1 Å². The molecule has 0 fully saturated rings. The number of aryl methyl sites for hydroxylation is 1. The molecule has 1 amide bonds. The minimum Gasteiger partial charge on any atom is -0.486 e. The first-order valence-electron chi connectivity index (χ1n) is 7.42. The van der Waals surface area contributed by atoms with Crippen LogP contribution in [0.25, 0.3) is 0 Å². The smallest absolute Gasteiger partial charge is 0.224 e. The Hall–Kier alpha value is -2.49. The lowest BCUT2D eigenvalue weighted by atomic mass is 10.1. The highest BCUT2D eigenvalue weighted by Crippen LogP contribution is 2.30. The molecule has 1 aliphatic rings. The fourth-order valence-corrected chi connectivity index (χ4v) is 2.44. The molecule has 0 radical (unpaired) electrons. The molecule has 0 saturated carbocycles. The molecule has 4 heteroatoms. The second kappa shape index (κ2) is 6.52. The molecule has 2 aromatic carbocycles. The Labute approximate surface area is 130 Å². The number of benzene rings is 2. The van der Waals surface area contributed by atoms with Crippen LogP contribution in [0, 0.1) is 6.92 Å². The number of hydrogen-bond acceptors (Lipinski definition) is 3. The van der Waals surface area contributed by atoms with Gasteiger partial charge in [-0.25, -0.2) is 0 Å². The van der Waals surface area contributed by atoms with Crippen LogP contribution < -0.4 is 14.8 Å². The lowest BCUT2D eigenvalue weighted by Crippen LogP contribution is -2.41. The zero-order valence-electron chi connectivity index (χ0n) is 12.5. The molecule has 2 aromatic rings. The first kappa shape index (κ1) is 14.4. The summed E-state index contributed by atoms with van der Waals surface area (Å²) in [6, 6.07) is 15.5. The molecular formula is C18H19NO3. The zero-order chi connectivity index (χ0) is 15.4. The maximum atomic E-state index is 12.0. The van der Waals surface area contributed by atoms with Gasteiger partial charge in [0.15, 0.2) is 11.5 Å². The van der Waals surface area contributed by atoms with Crippen LogP contribution in [0.3, 0.4) is 0 Å². The first-order valence-corrected chi connectivity index (χ1v) is 7.42. The molecule has 1 N–H and O–H groups in total. The topological polar surface area (TPSA) is 47.6 Å². The number of nitrogens with one attached hydrogen (secondary N) is 1. The molecule has 1 aliphatic heterocycles. The van der Waals surface area contributed by atoms with E-state index < -0.39 is 0 Å². The number of para-hydroxylation sites is 2. The van der Waals surface area contributed by atoms with Crippen molar-refractivity contribution in [1.82, 2.24) is 5.32 Å². The van der Waals surface area contributed by atoms with Crippen LogP contribution >= 0.6 is 0 Å². The van der Waals surface area contributed by atoms with Crippen molar-refractivity contribution >= 4 is 5.91 Å². The minimum absolute atomic E-state index is 0.00300. The van der Waals surface area contributed by atoms with Crippen LogP contribution in [0.2, 0.25) is 0 Å². The van der Waals surface area contributed by atoms with E-state index in [2.05, 4.69) is 5.32 Å². The van der Waals surface area contributed by atoms with Gasteiger partial charge in [-0.3, -0.25) is 4.79 Å². The molecule has 0 aromatic heterocycles. The van der Waals surface area contributed by atoms with E-state index in [1.54, 1.807) is 0 Å². The Morgan fingerprint density at radius 3 is 2.68 bits per heavy atom. The van der Waals surface area contributed by atoms with Crippen molar-refractivity contribution in [2.24, 2.45) is 0 Å². The fraction of sp³-hybridized carbons (Fsp3) is 0.278. The van der Waals surface area contributed by atoms with Gasteiger partial charge in [-0.15, -0.1) is 0 Å². The SMILES string of the molecule is Cc1ccccc1CC(=O)NC[C@H]1COc2ccccc2O1. The molecule has 0 saturated heterocycles. The molecule has 114 valence electrons. The number of carbonyl (C=O) groups is 1. The van der Waals surface area contributed by atoms with E-state index in [1.807, 2.05) is 55.5 Å². The van der Waals surface area contributed by atoms with Crippen molar-refractivity contribution in [3.8, 4) is 11.5 Å². The summed E-state index contributed by atoms with van der Waals surface area (Å²) < 4.78 is 11.4. The van der Waals surface area contributed by atoms with E-state index in [9.17, 15) is 4.79 Å². The maximum absolute atomic E-state index is 12.0. The predicted octanol–water partition coefficient (Wildman–Crippen LogP) is 2.49. The van der Waals surface area contributed by atoms with Crippen LogP contribution in [0.4, 0.5) is 0 Å². The molecule has 0 unspecified atom stereocenters. The zero-order valence-corrected chi connectivity index (χ0v) is 12.5. The molecule has 22 heavy (non-hydrogen) atoms. The van der Waals surface area contributed by atoms with Crippen LogP contribution in [0.5, 0.6) is 11.5 Å². The summed E-state index contributed by atoms with van der Waals surface area (Å²) in [4.78, 5) is 12.0. The second-order valence-corrected chi connectivity index (χ2v) is 5.40. The maximum Gasteiger partial charge on any atom is 0.224 e. The molecule has 0 aliphatic carbocycles. The van der Waals surface area contributed by atoms with Gasteiger partial charge in [-0.05, 0) is 30.2 Å². The third kappa shape index (κ3) is 3.39. The van der Waals surface area contributed by atoms with Crippen LogP contribution in [-0.2, 0) is 11.2 Å². The van der Waals surface area contributed by atoms with Gasteiger partial charge in [0.25, 0.3) is 0 Å². The van der Waals surface area contributed by atoms with Gasteiger partial charge in [-0.2, -0.15) is 0 Å². The standard InChI is InChI=1S/C18H19NO3/c1-13-6-2-3-7-14(13)10-18(20)19-11-15-12-21-16-8-4-5-9-17(16)22-15/h2-9,15H,10-12H2,1H3,(H,19,20)/t15-/m0/s1. The highest BCUT2D eigenvalue weighted by atomic mass is 16.6. The number of ether oxygens (including phenoxy) is 2. The third-order valence-corrected chi connectivity index (χ3v) is 3.71. The Balaban J connectivity index is 1.51. The molecule has 0 bridgehead atoms. The number of carbonyl (C=O) groups excluding carboxylic acids is 1. The summed E-state index contributed by atoms with van der Waals surface area (Å²) in [6.45, 7) is 2.90. The van der Waals surface area contributed by atoms with Gasteiger partial charge >= 0.3 is 0 Å². The van der Waals surface area contributed by atoms with Gasteiger partial charge in [-0.1, -0.05) is 36.4 Å². The summed E-state index contributed by atoms with van der Waals surface area (Å²) in [6.07, 6.45) is 0.229. The summed E-state index contributed by atoms with van der Waals surface area (Å²) in [5.41, 5.74) is 2.18. The summed E-state index contributed by atoms with van der Waals surface area (Å²) in [5, 5.41) is 2.91. The van der Waals surface area contributed by atoms with Crippen molar-refractivity contribution < 1.29 is 14.3 Å². The second-order valence-electron chi connectivity index (χ2n) is 5.40. The van der Waals surface area contributed by atoms with Gasteiger partial charge < -0.3 is 14.8 Å². The molecule has 0 spiro atoms. The van der Waals surface area contributed by atoms with E-state index >= 15 is 0 Å². The highest BCUT2D eigenvalue weighted by molar-refractivity contribution is 5.78. The number of fused-ring (bicyclic) bond motifs is 1. The molecule has 3 rings (SSSR count). The first-order chi connectivity index (χ1) is 10.7. The summed E-state index contributed by atoms with van der Waals surface area (Å²) >= 11 is 0. The molecular weight excluding hydrogens is 278 g/mol. The van der Waals surface area contributed by atoms with Crippen molar-refractivity contribution in [3.05, 3.63) is 59.7 Å². The van der Waals surface area contributed by atoms with Crippen molar-refractivity contribution in [3.63, 3.8) is 0 Å². The lowest BCUT2D eigenvalue weighted by Gasteiger charge is -2.26. The third-order valence-electron chi connectivity index (χ3n) is 3.71. The average molecular weight is 297 g/mol. The number of hydrogen-bond donors (Lipinski definition) is 1. The Bertz CT molecular complexity index is 669. The van der Waals surface area contributed by atoms with E-state index in [-0.39, 0.29) is 12.0 Å². The van der Waals surface area contributed by atoms with Gasteiger partial charge in [0.05, 0.1) is 13.0 Å². The molecule has 1 atom stereocenters. The number of amides is 1. The largest absolute Gasteiger partial charge is 0.486 e. The molecule has 1 heterocycles. The van der Waals surface area contributed by atoms with Crippen molar-refractivity contribution in [2.45, 2.75) is 19.4 Å². The van der Waals surface area contributed by atoms with Gasteiger partial charge in [0.1, 0.15) is 12.7 Å². The minimum atomic E-state index is -0.157. The quantitative estimate of drug-likeness (QED) is 0.943. The van der Waals surface area contributed by atoms with Crippen LogP contribution in [0.15, 0.2) is 48.5 Å². The van der Waals surface area contributed by atoms with E-state index in [0.29, 0.717) is 19.6 Å². The highest BCUT2D eigenvalue weighted by Gasteiger charge is 2.21. The average Bonchev–Trinajstić information content (AvgIpc) is 2.55. The lowest BCUT2D eigenvalue weighted by molar-refractivity contribution is -0.120. The van der Waals surface area contributed by atoms with E-state index in [0.717, 1.165) is 22.6 Å². The Morgan fingerprint density at radius 1 is 1.14 bits per heavy atom. The Kier molecular flexibility index (Phi) is 4.28. The predicted molar refractivity (Wildman–Crippen MR) is 84.2 cm³/mol. The van der Waals surface area contributed by atoms with Crippen molar-refractivity contribution in [1.29, 1.82) is 0 Å². The summed E-state index contributed by atoms with van der Waals surface area (Å²) in [5.74, 6) is 1.48. The molecule has 4 nitrogen and oxygen atoms in total. The Morgan fingerprint density at radius 2 is 1.86 bits per heavy atom. The van der Waals surface area contributed by atoms with Gasteiger partial charge in [0, 0.05) is 0 Å². The fourth-order valence-electron chi connectivity index (χ4n) is 2.44. The summed E-state index contributed by atoms with van der Waals surface area (Å²) in [7, 11) is 0. The number of rotatable bonds is 4.